The highest BCUT2D eigenvalue weighted by Crippen LogP contribution is 2.19. The zero-order valence-electron chi connectivity index (χ0n) is 55.9. The van der Waals surface area contributed by atoms with Gasteiger partial charge in [0.15, 0.2) is 0 Å². The van der Waals surface area contributed by atoms with Crippen LogP contribution in [0.4, 0.5) is 0 Å². The number of unbranched alkanes of at least 4 members (excludes halogenated alkanes) is 46. The molecule has 7 heteroatoms. The van der Waals surface area contributed by atoms with E-state index >= 15 is 0 Å². The molecule has 1 fully saturated rings. The molecule has 1 aliphatic rings. The number of esters is 1. The second-order valence-electron chi connectivity index (χ2n) is 26.0. The molecule has 0 bridgehead atoms. The summed E-state index contributed by atoms with van der Waals surface area (Å²) in [5.41, 5.74) is 0. The highest BCUT2D eigenvalue weighted by Gasteiger charge is 2.21. The second-order valence-corrected chi connectivity index (χ2v) is 26.0. The number of piperazine rings is 1. The summed E-state index contributed by atoms with van der Waals surface area (Å²) in [6.07, 6.45) is 72.6. The molecule has 0 aromatic heterocycles. The molecule has 0 radical (unpaired) electrons. The van der Waals surface area contributed by atoms with Crippen molar-refractivity contribution in [2.45, 2.75) is 375 Å². The Hall–Kier alpha value is -0.730. The van der Waals surface area contributed by atoms with Gasteiger partial charge in [-0.05, 0) is 58.0 Å². The summed E-state index contributed by atoms with van der Waals surface area (Å²) in [5, 5.41) is 5.81. The predicted octanol–water partition coefficient (Wildman–Crippen LogP) is 21.7. The number of hydrogen-bond acceptors (Lipinski definition) is 7. The van der Waals surface area contributed by atoms with Crippen molar-refractivity contribution in [2.24, 2.45) is 0 Å². The fraction of sp³-hybridized carbons (Fsp3) is 0.986. The van der Waals surface area contributed by atoms with E-state index in [-0.39, 0.29) is 5.97 Å². The minimum Gasteiger partial charge on any atom is -0.466 e. The van der Waals surface area contributed by atoms with Crippen LogP contribution in [0.15, 0.2) is 0 Å². The number of hydrogen-bond donors (Lipinski definition) is 0. The molecule has 0 spiro atoms. The van der Waals surface area contributed by atoms with E-state index in [1.54, 1.807) is 0 Å². The Morgan fingerprint density at radius 2 is 0.512 bits per heavy atom. The molecule has 7 nitrogen and oxygen atoms in total. The average Bonchev–Trinajstić information content (AvgIpc) is 3.47. The Bertz CT molecular complexity index is 1150. The smallest absolute Gasteiger partial charge is 0.305 e. The van der Waals surface area contributed by atoms with Crippen LogP contribution in [0.1, 0.15) is 375 Å². The summed E-state index contributed by atoms with van der Waals surface area (Å²) in [6.45, 7) is 28.0. The Labute approximate surface area is 504 Å². The first-order valence-corrected chi connectivity index (χ1v) is 37.4. The minimum atomic E-state index is 0.0108. The number of carbonyl (C=O) groups excluding carboxylic acids is 1. The number of rotatable bonds is 67. The quantitative estimate of drug-likeness (QED) is 0.0341. The van der Waals surface area contributed by atoms with Crippen LogP contribution in [-0.2, 0) is 9.53 Å². The van der Waals surface area contributed by atoms with Crippen molar-refractivity contribution < 1.29 is 9.53 Å². The van der Waals surface area contributed by atoms with E-state index in [0.29, 0.717) is 13.0 Å². The van der Waals surface area contributed by atoms with Crippen LogP contribution in [0.2, 0.25) is 0 Å². The van der Waals surface area contributed by atoms with E-state index in [0.717, 1.165) is 25.7 Å². The van der Waals surface area contributed by atoms with E-state index in [1.807, 2.05) is 0 Å². The topological polar surface area (TPSA) is 42.5 Å². The second kappa shape index (κ2) is 64.3. The molecule has 0 aromatic carbocycles. The van der Waals surface area contributed by atoms with Crippen LogP contribution in [0, 0.1) is 0 Å². The first-order chi connectivity index (χ1) is 39.6. The van der Waals surface area contributed by atoms with Gasteiger partial charge in [0.1, 0.15) is 0 Å². The molecular formula is C73H149N5O2. The van der Waals surface area contributed by atoms with Crippen molar-refractivity contribution in [1.29, 1.82) is 0 Å². The zero-order valence-corrected chi connectivity index (χ0v) is 55.9. The first kappa shape index (κ1) is 77.3. The fourth-order valence-corrected chi connectivity index (χ4v) is 12.5. The Morgan fingerprint density at radius 3 is 0.825 bits per heavy atom. The van der Waals surface area contributed by atoms with Gasteiger partial charge in [-0.25, -0.2) is 10.0 Å². The van der Waals surface area contributed by atoms with Crippen molar-refractivity contribution in [2.75, 3.05) is 91.7 Å². The Kier molecular flexibility index (Phi) is 62.1. The number of carbonyl (C=O) groups is 1. The highest BCUT2D eigenvalue weighted by molar-refractivity contribution is 5.69. The first-order valence-electron chi connectivity index (χ1n) is 37.4. The van der Waals surface area contributed by atoms with Gasteiger partial charge in [0, 0.05) is 78.4 Å². The minimum absolute atomic E-state index is 0.0108. The van der Waals surface area contributed by atoms with Gasteiger partial charge in [-0.2, -0.15) is 0 Å². The van der Waals surface area contributed by atoms with Crippen molar-refractivity contribution >= 4 is 5.97 Å². The van der Waals surface area contributed by atoms with Gasteiger partial charge in [0.05, 0.1) is 6.61 Å². The van der Waals surface area contributed by atoms with Gasteiger partial charge < -0.3 is 9.64 Å². The maximum absolute atomic E-state index is 12.3. The van der Waals surface area contributed by atoms with E-state index in [4.69, 9.17) is 4.74 Å². The molecular weight excluding hydrogens is 979 g/mol. The van der Waals surface area contributed by atoms with Gasteiger partial charge in [-0.1, -0.05) is 324 Å². The van der Waals surface area contributed by atoms with Gasteiger partial charge in [-0.15, -0.1) is 0 Å². The number of nitrogens with zero attached hydrogens (tertiary/aromatic N) is 5. The van der Waals surface area contributed by atoms with Crippen LogP contribution in [0.5, 0.6) is 0 Å². The Morgan fingerprint density at radius 1 is 0.275 bits per heavy atom. The largest absolute Gasteiger partial charge is 0.466 e. The van der Waals surface area contributed by atoms with Crippen LogP contribution in [-0.4, -0.2) is 122 Å². The molecule has 478 valence electrons. The molecule has 0 aliphatic carbocycles. The maximum atomic E-state index is 12.3. The Balaban J connectivity index is 2.84. The fourth-order valence-electron chi connectivity index (χ4n) is 12.5. The molecule has 1 rings (SSSR count). The normalized spacial score (nSPS) is 13.6. The summed E-state index contributed by atoms with van der Waals surface area (Å²) >= 11 is 0. The molecule has 1 aliphatic heterocycles. The van der Waals surface area contributed by atoms with E-state index in [1.165, 1.54) is 393 Å². The van der Waals surface area contributed by atoms with Crippen molar-refractivity contribution in [1.82, 2.24) is 24.7 Å². The highest BCUT2D eigenvalue weighted by atomic mass is 16.5. The average molecular weight is 1130 g/mol. The molecule has 0 N–H and O–H groups in total. The molecule has 0 saturated carbocycles. The third-order valence-corrected chi connectivity index (χ3v) is 18.3. The van der Waals surface area contributed by atoms with Crippen molar-refractivity contribution in [3.8, 4) is 0 Å². The van der Waals surface area contributed by atoms with Crippen LogP contribution < -0.4 is 0 Å². The van der Waals surface area contributed by atoms with E-state index in [9.17, 15) is 4.79 Å². The van der Waals surface area contributed by atoms with Gasteiger partial charge in [-0.3, -0.25) is 14.6 Å². The molecule has 0 aromatic rings. The van der Waals surface area contributed by atoms with Crippen molar-refractivity contribution in [3.63, 3.8) is 0 Å². The lowest BCUT2D eigenvalue weighted by Gasteiger charge is -2.39. The lowest BCUT2D eigenvalue weighted by atomic mass is 10.0. The standard InChI is InChI=1S/C73H149N5O2/c1-6-11-16-20-24-28-32-35-39-43-47-54-61-77(62-55-48-44-40-36-33-29-25-21-17-12-7-2)78(63-56-49-45-41-37-34-30-26-22-18-13-8-3)71-70-76-68-66-75(67-69-76)65-64-74(59-52-46-42-38-31-27-23-19-14-9-4)60-53-50-51-58-73(79)80-72-57-15-10-5/h6-72H2,1-5H3. The van der Waals surface area contributed by atoms with Crippen LogP contribution >= 0.6 is 0 Å². The molecule has 1 heterocycles. The van der Waals surface area contributed by atoms with Gasteiger partial charge in [0.25, 0.3) is 0 Å². The van der Waals surface area contributed by atoms with E-state index < -0.39 is 0 Å². The molecule has 0 unspecified atom stereocenters. The van der Waals surface area contributed by atoms with E-state index in [2.05, 4.69) is 59.3 Å². The monoisotopic (exact) mass is 1130 g/mol. The lowest BCUT2D eigenvalue weighted by Crippen LogP contribution is -2.52. The van der Waals surface area contributed by atoms with Crippen LogP contribution in [0.3, 0.4) is 0 Å². The third kappa shape index (κ3) is 54.0. The maximum Gasteiger partial charge on any atom is 0.305 e. The summed E-state index contributed by atoms with van der Waals surface area (Å²) in [5.74, 6) is 0.0108. The SMILES string of the molecule is CCCCCCCCCCCCCCN(CCCCCCCCCCCCCC)N(CCCCCCCCCCCCCC)CCN1CCN(CCN(CCCCCCCCCCCC)CCCCCC(=O)OCCCCC)CC1. The van der Waals surface area contributed by atoms with Gasteiger partial charge in [0.2, 0.25) is 0 Å². The summed E-state index contributed by atoms with van der Waals surface area (Å²) < 4.78 is 5.51. The molecule has 0 amide bonds. The number of hydrazine groups is 1. The summed E-state index contributed by atoms with van der Waals surface area (Å²) in [6, 6.07) is 0. The summed E-state index contributed by atoms with van der Waals surface area (Å²) in [7, 11) is 0. The molecule has 0 atom stereocenters. The molecule has 1 saturated heterocycles. The zero-order chi connectivity index (χ0) is 57.5. The van der Waals surface area contributed by atoms with Crippen LogP contribution in [0.25, 0.3) is 0 Å². The third-order valence-electron chi connectivity index (χ3n) is 18.3. The molecule has 80 heavy (non-hydrogen) atoms. The number of ether oxygens (including phenoxy) is 1. The summed E-state index contributed by atoms with van der Waals surface area (Å²) in [4.78, 5) is 20.7. The predicted molar refractivity (Wildman–Crippen MR) is 356 cm³/mol. The van der Waals surface area contributed by atoms with Crippen molar-refractivity contribution in [3.05, 3.63) is 0 Å². The lowest BCUT2D eigenvalue weighted by molar-refractivity contribution is -0.143. The van der Waals surface area contributed by atoms with Gasteiger partial charge >= 0.3 is 5.97 Å².